The number of thioether (sulfide) groups is 1. The molecule has 1 atom stereocenters. The molecular formula is C14H12F3N3OS. The fourth-order valence-electron chi connectivity index (χ4n) is 2.37. The maximum atomic E-state index is 12.7. The molecule has 1 aromatic carbocycles. The van der Waals surface area contributed by atoms with Gasteiger partial charge >= 0.3 is 6.18 Å². The number of nitrogens with zero attached hydrogens (tertiary/aromatic N) is 1. The number of halogens is 3. The molecule has 1 aromatic heterocycles. The van der Waals surface area contributed by atoms with Crippen LogP contribution in [0.5, 0.6) is 0 Å². The lowest BCUT2D eigenvalue weighted by atomic mass is 10.0. The number of alkyl halides is 3. The van der Waals surface area contributed by atoms with E-state index >= 15 is 0 Å². The Balaban J connectivity index is 2.00. The lowest BCUT2D eigenvalue weighted by Crippen LogP contribution is -2.12. The van der Waals surface area contributed by atoms with Gasteiger partial charge in [0.25, 0.3) is 0 Å². The molecule has 116 valence electrons. The van der Waals surface area contributed by atoms with Crippen LogP contribution in [0, 0.1) is 6.92 Å². The van der Waals surface area contributed by atoms with E-state index in [1.54, 1.807) is 0 Å². The molecule has 0 bridgehead atoms. The Morgan fingerprint density at radius 3 is 2.59 bits per heavy atom. The van der Waals surface area contributed by atoms with Gasteiger partial charge < -0.3 is 5.32 Å². The van der Waals surface area contributed by atoms with Crippen molar-refractivity contribution in [2.24, 2.45) is 0 Å². The molecule has 2 heterocycles. The van der Waals surface area contributed by atoms with Crippen LogP contribution in [-0.4, -0.2) is 21.9 Å². The van der Waals surface area contributed by atoms with Crippen LogP contribution >= 0.6 is 11.8 Å². The average molecular weight is 327 g/mol. The van der Waals surface area contributed by atoms with E-state index in [1.165, 1.54) is 23.9 Å². The number of carbonyl (C=O) groups is 1. The molecule has 3 rings (SSSR count). The number of H-pyrrole nitrogens is 1. The van der Waals surface area contributed by atoms with Crippen LogP contribution in [0.1, 0.15) is 27.6 Å². The molecule has 1 aliphatic heterocycles. The van der Waals surface area contributed by atoms with Crippen molar-refractivity contribution in [2.75, 3.05) is 11.1 Å². The Morgan fingerprint density at radius 1 is 1.27 bits per heavy atom. The molecule has 0 spiro atoms. The van der Waals surface area contributed by atoms with Crippen LogP contribution < -0.4 is 5.32 Å². The second-order valence-electron chi connectivity index (χ2n) is 4.97. The van der Waals surface area contributed by atoms with Crippen molar-refractivity contribution in [3.05, 3.63) is 46.6 Å². The number of nitrogens with one attached hydrogen (secondary N) is 2. The first-order valence-corrected chi connectivity index (χ1v) is 7.54. The number of rotatable bonds is 1. The third kappa shape index (κ3) is 2.70. The first kappa shape index (κ1) is 15.0. The smallest absolute Gasteiger partial charge is 0.308 e. The first-order valence-electron chi connectivity index (χ1n) is 6.49. The van der Waals surface area contributed by atoms with E-state index in [0.717, 1.165) is 23.4 Å². The van der Waals surface area contributed by atoms with E-state index < -0.39 is 11.7 Å². The van der Waals surface area contributed by atoms with Crippen molar-refractivity contribution in [1.82, 2.24) is 10.2 Å². The third-order valence-electron chi connectivity index (χ3n) is 3.44. The average Bonchev–Trinajstić information content (AvgIpc) is 2.71. The summed E-state index contributed by atoms with van der Waals surface area (Å²) < 4.78 is 38.0. The lowest BCUT2D eigenvalue weighted by Gasteiger charge is -2.16. The Morgan fingerprint density at radius 2 is 1.95 bits per heavy atom. The van der Waals surface area contributed by atoms with Crippen molar-refractivity contribution >= 4 is 23.5 Å². The number of hydrogen-bond acceptors (Lipinski definition) is 3. The summed E-state index contributed by atoms with van der Waals surface area (Å²) in [6, 6.07) is 5.02. The molecule has 8 heteroatoms. The van der Waals surface area contributed by atoms with Gasteiger partial charge in [-0.1, -0.05) is 12.1 Å². The standard InChI is InChI=1S/C14H12F3N3OS/c1-7-11-12(22-6-10(21)18-13(11)20-19-7)8-2-4-9(5-3-8)14(15,16)17/h2-5,12H,6H2,1H3,(H2,18,19,20,21)/t12-/m0/s1. The number of hydrogen-bond donors (Lipinski definition) is 2. The predicted octanol–water partition coefficient (Wildman–Crippen LogP) is 3.51. The second kappa shape index (κ2) is 5.35. The zero-order chi connectivity index (χ0) is 15.9. The molecular weight excluding hydrogens is 315 g/mol. The van der Waals surface area contributed by atoms with Gasteiger partial charge in [0.05, 0.1) is 16.6 Å². The van der Waals surface area contributed by atoms with E-state index in [0.29, 0.717) is 11.4 Å². The summed E-state index contributed by atoms with van der Waals surface area (Å²) in [4.78, 5) is 11.7. The summed E-state index contributed by atoms with van der Waals surface area (Å²) in [5.74, 6) is 0.492. The fraction of sp³-hybridized carbons (Fsp3) is 0.286. The third-order valence-corrected chi connectivity index (χ3v) is 4.71. The molecule has 22 heavy (non-hydrogen) atoms. The van der Waals surface area contributed by atoms with E-state index in [2.05, 4.69) is 15.5 Å². The highest BCUT2D eigenvalue weighted by Gasteiger charge is 2.32. The van der Waals surface area contributed by atoms with E-state index in [4.69, 9.17) is 0 Å². The summed E-state index contributed by atoms with van der Waals surface area (Å²) in [5.41, 5.74) is 1.61. The molecule has 2 aromatic rings. The number of benzene rings is 1. The van der Waals surface area contributed by atoms with Crippen molar-refractivity contribution in [2.45, 2.75) is 18.3 Å². The van der Waals surface area contributed by atoms with Gasteiger partial charge in [0.2, 0.25) is 5.91 Å². The number of anilines is 1. The molecule has 0 radical (unpaired) electrons. The minimum atomic E-state index is -4.36. The molecule has 1 aliphatic rings. The highest BCUT2D eigenvalue weighted by atomic mass is 32.2. The molecule has 0 unspecified atom stereocenters. The van der Waals surface area contributed by atoms with Gasteiger partial charge in [0, 0.05) is 11.3 Å². The number of aromatic nitrogens is 2. The Kier molecular flexibility index (Phi) is 3.64. The zero-order valence-electron chi connectivity index (χ0n) is 11.5. The molecule has 2 N–H and O–H groups in total. The van der Waals surface area contributed by atoms with Crippen molar-refractivity contribution in [3.63, 3.8) is 0 Å². The van der Waals surface area contributed by atoms with Gasteiger partial charge in [-0.25, -0.2) is 0 Å². The predicted molar refractivity (Wildman–Crippen MR) is 77.7 cm³/mol. The molecule has 4 nitrogen and oxygen atoms in total. The highest BCUT2D eigenvalue weighted by Crippen LogP contribution is 2.42. The van der Waals surface area contributed by atoms with Crippen LogP contribution in [0.3, 0.4) is 0 Å². The van der Waals surface area contributed by atoms with Gasteiger partial charge in [-0.15, -0.1) is 11.8 Å². The maximum absolute atomic E-state index is 12.7. The maximum Gasteiger partial charge on any atom is 0.416 e. The fourth-order valence-corrected chi connectivity index (χ4v) is 3.57. The van der Waals surface area contributed by atoms with Crippen LogP contribution in [0.4, 0.5) is 19.0 Å². The minimum Gasteiger partial charge on any atom is -0.308 e. The summed E-state index contributed by atoms with van der Waals surface area (Å²) in [5, 5.41) is 9.31. The van der Waals surface area contributed by atoms with E-state index in [1.807, 2.05) is 6.92 Å². The van der Waals surface area contributed by atoms with Gasteiger partial charge in [0.15, 0.2) is 5.82 Å². The SMILES string of the molecule is Cc1[nH]nc2c1[C@H](c1ccc(C(F)(F)F)cc1)SCC(=O)N2. The van der Waals surface area contributed by atoms with Crippen LogP contribution in [0.25, 0.3) is 0 Å². The quantitative estimate of drug-likeness (QED) is 0.843. The van der Waals surface area contributed by atoms with Crippen LogP contribution in [-0.2, 0) is 11.0 Å². The Bertz CT molecular complexity index is 709. The Labute approximate surface area is 128 Å². The first-order chi connectivity index (χ1) is 10.4. The van der Waals surface area contributed by atoms with Gasteiger partial charge in [-0.05, 0) is 24.6 Å². The second-order valence-corrected chi connectivity index (χ2v) is 6.06. The van der Waals surface area contributed by atoms with Gasteiger partial charge in [-0.3, -0.25) is 9.89 Å². The normalized spacial score (nSPS) is 18.5. The summed E-state index contributed by atoms with van der Waals surface area (Å²) in [7, 11) is 0. The topological polar surface area (TPSA) is 57.8 Å². The molecule has 0 saturated carbocycles. The van der Waals surface area contributed by atoms with E-state index in [9.17, 15) is 18.0 Å². The van der Waals surface area contributed by atoms with Crippen molar-refractivity contribution < 1.29 is 18.0 Å². The largest absolute Gasteiger partial charge is 0.416 e. The van der Waals surface area contributed by atoms with Crippen molar-refractivity contribution in [1.29, 1.82) is 0 Å². The molecule has 0 fully saturated rings. The van der Waals surface area contributed by atoms with Crippen LogP contribution in [0.15, 0.2) is 24.3 Å². The Hall–Kier alpha value is -1.96. The number of amides is 1. The lowest BCUT2D eigenvalue weighted by molar-refractivity contribution is -0.137. The van der Waals surface area contributed by atoms with Crippen molar-refractivity contribution in [3.8, 4) is 0 Å². The minimum absolute atomic E-state index is 0.174. The highest BCUT2D eigenvalue weighted by molar-refractivity contribution is 8.00. The molecule has 1 amide bonds. The van der Waals surface area contributed by atoms with E-state index in [-0.39, 0.29) is 16.9 Å². The molecule has 0 aliphatic carbocycles. The number of carbonyl (C=O) groups excluding carboxylic acids is 1. The zero-order valence-corrected chi connectivity index (χ0v) is 12.3. The number of fused-ring (bicyclic) bond motifs is 1. The van der Waals surface area contributed by atoms with Crippen LogP contribution in [0.2, 0.25) is 0 Å². The summed E-state index contributed by atoms with van der Waals surface area (Å²) in [6.07, 6.45) is -4.36. The number of aryl methyl sites for hydroxylation is 1. The summed E-state index contributed by atoms with van der Waals surface area (Å²) >= 11 is 1.37. The van der Waals surface area contributed by atoms with Gasteiger partial charge in [0.1, 0.15) is 0 Å². The number of aromatic amines is 1. The monoisotopic (exact) mass is 327 g/mol. The molecule has 0 saturated heterocycles. The summed E-state index contributed by atoms with van der Waals surface area (Å²) in [6.45, 7) is 1.82. The van der Waals surface area contributed by atoms with Gasteiger partial charge in [-0.2, -0.15) is 18.3 Å².